The topological polar surface area (TPSA) is 58.6 Å². The van der Waals surface area contributed by atoms with Crippen LogP contribution >= 0.6 is 11.6 Å². The second kappa shape index (κ2) is 9.22. The fourth-order valence-electron chi connectivity index (χ4n) is 3.69. The maximum atomic E-state index is 12.8. The molecule has 1 heterocycles. The third-order valence-electron chi connectivity index (χ3n) is 5.22. The summed E-state index contributed by atoms with van der Waals surface area (Å²) in [5.41, 5.74) is 0.942. The number of likely N-dealkylation sites (tertiary alicyclic amines) is 1. The molecule has 28 heavy (non-hydrogen) atoms. The van der Waals surface area contributed by atoms with Crippen LogP contribution in [0.15, 0.2) is 54.6 Å². The molecule has 0 bridgehead atoms. The summed E-state index contributed by atoms with van der Waals surface area (Å²) in [6.45, 7) is 3.73. The van der Waals surface area contributed by atoms with Gasteiger partial charge in [0.1, 0.15) is 0 Å². The number of amides is 1. The lowest BCUT2D eigenvalue weighted by atomic mass is 9.72. The maximum Gasteiger partial charge on any atom is 0.316 e. The molecule has 1 amide bonds. The number of rotatable bonds is 6. The highest BCUT2D eigenvalue weighted by Gasteiger charge is 2.44. The zero-order valence-corrected chi connectivity index (χ0v) is 16.7. The average Bonchev–Trinajstić information content (AvgIpc) is 2.71. The SMILES string of the molecule is CCOC(=O)C1(c2ccccc2)CCN(CC(=O)Nc2ccccc2Cl)CC1. The summed E-state index contributed by atoms with van der Waals surface area (Å²) in [7, 11) is 0. The Hall–Kier alpha value is -2.37. The molecule has 148 valence electrons. The summed E-state index contributed by atoms with van der Waals surface area (Å²) < 4.78 is 5.40. The molecule has 1 fully saturated rings. The fraction of sp³-hybridized carbons (Fsp3) is 0.364. The van der Waals surface area contributed by atoms with Crippen molar-refractivity contribution >= 4 is 29.2 Å². The predicted molar refractivity (Wildman–Crippen MR) is 111 cm³/mol. The normalized spacial score (nSPS) is 16.4. The molecule has 0 saturated carbocycles. The Labute approximate surface area is 170 Å². The minimum absolute atomic E-state index is 0.114. The minimum atomic E-state index is -0.646. The van der Waals surface area contributed by atoms with Crippen molar-refractivity contribution < 1.29 is 14.3 Å². The number of ether oxygens (including phenoxy) is 1. The number of piperidine rings is 1. The van der Waals surface area contributed by atoms with E-state index in [1.165, 1.54) is 0 Å². The molecule has 2 aromatic carbocycles. The van der Waals surface area contributed by atoms with Gasteiger partial charge in [0.25, 0.3) is 0 Å². The van der Waals surface area contributed by atoms with Crippen molar-refractivity contribution in [2.45, 2.75) is 25.2 Å². The van der Waals surface area contributed by atoms with Crippen LogP contribution in [0, 0.1) is 0 Å². The summed E-state index contributed by atoms with van der Waals surface area (Å²) in [6.07, 6.45) is 1.24. The zero-order valence-electron chi connectivity index (χ0n) is 16.0. The molecule has 1 aliphatic heterocycles. The molecule has 3 rings (SSSR count). The Balaban J connectivity index is 1.65. The molecule has 5 nitrogen and oxygen atoms in total. The first-order valence-electron chi connectivity index (χ1n) is 9.54. The van der Waals surface area contributed by atoms with Crippen molar-refractivity contribution in [1.29, 1.82) is 0 Å². The molecule has 0 atom stereocenters. The van der Waals surface area contributed by atoms with Gasteiger partial charge in [-0.15, -0.1) is 0 Å². The van der Waals surface area contributed by atoms with Crippen molar-refractivity contribution in [1.82, 2.24) is 4.90 Å². The van der Waals surface area contributed by atoms with Crippen LogP contribution in [0.1, 0.15) is 25.3 Å². The second-order valence-electron chi connectivity index (χ2n) is 6.97. The highest BCUT2D eigenvalue weighted by atomic mass is 35.5. The molecular formula is C22H25ClN2O3. The van der Waals surface area contributed by atoms with E-state index in [2.05, 4.69) is 10.2 Å². The van der Waals surface area contributed by atoms with Crippen LogP contribution in [0.3, 0.4) is 0 Å². The quantitative estimate of drug-likeness (QED) is 0.747. The summed E-state index contributed by atoms with van der Waals surface area (Å²) in [5, 5.41) is 3.36. The molecule has 1 N–H and O–H groups in total. The molecule has 0 aromatic heterocycles. The first-order chi connectivity index (χ1) is 13.5. The number of para-hydroxylation sites is 1. The molecule has 0 radical (unpaired) electrons. The number of anilines is 1. The summed E-state index contributed by atoms with van der Waals surface area (Å²) in [4.78, 5) is 27.3. The van der Waals surface area contributed by atoms with E-state index in [4.69, 9.17) is 16.3 Å². The number of nitrogens with one attached hydrogen (secondary N) is 1. The van der Waals surface area contributed by atoms with Crippen molar-refractivity contribution in [3.05, 3.63) is 65.2 Å². The van der Waals surface area contributed by atoms with Gasteiger partial charge in [-0.25, -0.2) is 0 Å². The van der Waals surface area contributed by atoms with Gasteiger partial charge in [-0.2, -0.15) is 0 Å². The van der Waals surface area contributed by atoms with Gasteiger partial charge in [0.15, 0.2) is 0 Å². The standard InChI is InChI=1S/C22H25ClN2O3/c1-2-28-21(27)22(17-8-4-3-5-9-17)12-14-25(15-13-22)16-20(26)24-19-11-7-6-10-18(19)23/h3-11H,2,12-16H2,1H3,(H,24,26). The Kier molecular flexibility index (Phi) is 6.70. The third-order valence-corrected chi connectivity index (χ3v) is 5.55. The van der Waals surface area contributed by atoms with Gasteiger partial charge >= 0.3 is 5.97 Å². The lowest BCUT2D eigenvalue weighted by Gasteiger charge is -2.40. The summed E-state index contributed by atoms with van der Waals surface area (Å²) in [6, 6.07) is 17.0. The van der Waals surface area contributed by atoms with Gasteiger partial charge in [0.05, 0.1) is 29.3 Å². The average molecular weight is 401 g/mol. The molecule has 2 aromatic rings. The number of hydrogen-bond donors (Lipinski definition) is 1. The monoisotopic (exact) mass is 400 g/mol. The van der Waals surface area contributed by atoms with E-state index in [0.29, 0.717) is 43.2 Å². The van der Waals surface area contributed by atoms with Crippen molar-refractivity contribution in [2.24, 2.45) is 0 Å². The number of carbonyl (C=O) groups excluding carboxylic acids is 2. The number of halogens is 1. The predicted octanol–water partition coefficient (Wildman–Crippen LogP) is 3.88. The number of esters is 1. The van der Waals surface area contributed by atoms with Gasteiger partial charge in [0.2, 0.25) is 5.91 Å². The summed E-state index contributed by atoms with van der Waals surface area (Å²) in [5.74, 6) is -0.294. The molecular weight excluding hydrogens is 376 g/mol. The first kappa shape index (κ1) is 20.4. The number of benzene rings is 2. The lowest BCUT2D eigenvalue weighted by molar-refractivity contribution is -0.152. The van der Waals surface area contributed by atoms with Crippen LogP contribution in [0.5, 0.6) is 0 Å². The first-order valence-corrected chi connectivity index (χ1v) is 9.92. The Morgan fingerprint density at radius 3 is 2.36 bits per heavy atom. The second-order valence-corrected chi connectivity index (χ2v) is 7.38. The Bertz CT molecular complexity index is 818. The Morgan fingerprint density at radius 1 is 1.07 bits per heavy atom. The van der Waals surface area contributed by atoms with Gasteiger partial charge in [0, 0.05) is 13.1 Å². The van der Waals surface area contributed by atoms with Crippen LogP contribution in [-0.4, -0.2) is 43.0 Å². The van der Waals surface area contributed by atoms with E-state index >= 15 is 0 Å². The van der Waals surface area contributed by atoms with Crippen LogP contribution in [0.2, 0.25) is 5.02 Å². The van der Waals surface area contributed by atoms with Crippen molar-refractivity contribution in [3.8, 4) is 0 Å². The minimum Gasteiger partial charge on any atom is -0.465 e. The van der Waals surface area contributed by atoms with Gasteiger partial charge in [-0.3, -0.25) is 14.5 Å². The fourth-order valence-corrected chi connectivity index (χ4v) is 3.87. The van der Waals surface area contributed by atoms with E-state index in [1.807, 2.05) is 49.4 Å². The van der Waals surface area contributed by atoms with E-state index in [-0.39, 0.29) is 18.4 Å². The van der Waals surface area contributed by atoms with Gasteiger partial charge in [-0.1, -0.05) is 54.1 Å². The molecule has 0 aliphatic carbocycles. The van der Waals surface area contributed by atoms with E-state index in [1.54, 1.807) is 12.1 Å². The number of nitrogens with zero attached hydrogens (tertiary/aromatic N) is 1. The molecule has 0 unspecified atom stereocenters. The molecule has 1 aliphatic rings. The molecule has 1 saturated heterocycles. The van der Waals surface area contributed by atoms with E-state index in [9.17, 15) is 9.59 Å². The summed E-state index contributed by atoms with van der Waals surface area (Å²) >= 11 is 6.10. The largest absolute Gasteiger partial charge is 0.465 e. The number of carbonyl (C=O) groups is 2. The van der Waals surface area contributed by atoms with Crippen LogP contribution in [-0.2, 0) is 19.7 Å². The van der Waals surface area contributed by atoms with Gasteiger partial charge in [-0.05, 0) is 37.5 Å². The van der Waals surface area contributed by atoms with Crippen LogP contribution in [0.25, 0.3) is 0 Å². The highest BCUT2D eigenvalue weighted by Crippen LogP contribution is 2.37. The Morgan fingerprint density at radius 2 is 1.71 bits per heavy atom. The lowest BCUT2D eigenvalue weighted by Crippen LogP contribution is -2.49. The third kappa shape index (κ3) is 4.54. The van der Waals surface area contributed by atoms with Crippen molar-refractivity contribution in [2.75, 3.05) is 31.6 Å². The molecule has 6 heteroatoms. The van der Waals surface area contributed by atoms with Crippen LogP contribution in [0.4, 0.5) is 5.69 Å². The molecule has 0 spiro atoms. The number of hydrogen-bond acceptors (Lipinski definition) is 4. The van der Waals surface area contributed by atoms with Crippen molar-refractivity contribution in [3.63, 3.8) is 0 Å². The van der Waals surface area contributed by atoms with Crippen LogP contribution < -0.4 is 5.32 Å². The van der Waals surface area contributed by atoms with Gasteiger partial charge < -0.3 is 10.1 Å². The smallest absolute Gasteiger partial charge is 0.316 e. The highest BCUT2D eigenvalue weighted by molar-refractivity contribution is 6.33. The van der Waals surface area contributed by atoms with E-state index < -0.39 is 5.41 Å². The maximum absolute atomic E-state index is 12.8. The van der Waals surface area contributed by atoms with E-state index in [0.717, 1.165) is 5.56 Å². The zero-order chi connectivity index (χ0) is 20.0.